The Balaban J connectivity index is 1.67. The van der Waals surface area contributed by atoms with Crippen molar-refractivity contribution < 1.29 is 32.6 Å². The van der Waals surface area contributed by atoms with Crippen LogP contribution in [0, 0.1) is 11.8 Å². The minimum Gasteiger partial charge on any atom is -0.481 e. The van der Waals surface area contributed by atoms with Gasteiger partial charge in [-0.25, -0.2) is 8.42 Å². The van der Waals surface area contributed by atoms with Crippen LogP contribution in [0.15, 0.2) is 53.4 Å². The molecule has 1 heterocycles. The monoisotopic (exact) mass is 456 g/mol. The van der Waals surface area contributed by atoms with Gasteiger partial charge in [-0.15, -0.1) is 5.92 Å². The second-order valence-corrected chi connectivity index (χ2v) is 8.51. The van der Waals surface area contributed by atoms with E-state index in [1.807, 2.05) is 0 Å². The molecule has 32 heavy (non-hydrogen) atoms. The molecule has 0 aromatic heterocycles. The summed E-state index contributed by atoms with van der Waals surface area (Å²) >= 11 is 0. The first-order valence-electron chi connectivity index (χ1n) is 9.57. The van der Waals surface area contributed by atoms with Crippen LogP contribution >= 0.6 is 0 Å². The molecule has 0 spiro atoms. The van der Waals surface area contributed by atoms with Crippen LogP contribution in [-0.4, -0.2) is 55.4 Å². The number of rotatable bonds is 9. The number of nitrogens with zero attached hydrogens (tertiary/aromatic N) is 1. The summed E-state index contributed by atoms with van der Waals surface area (Å²) in [4.78, 5) is 37.3. The predicted molar refractivity (Wildman–Crippen MR) is 114 cm³/mol. The Morgan fingerprint density at radius 2 is 1.69 bits per heavy atom. The van der Waals surface area contributed by atoms with E-state index in [1.54, 1.807) is 19.1 Å². The lowest BCUT2D eigenvalue weighted by Gasteiger charge is -2.19. The summed E-state index contributed by atoms with van der Waals surface area (Å²) in [6, 6.07) is 10.1. The Hall–Kier alpha value is -3.68. The van der Waals surface area contributed by atoms with Gasteiger partial charge in [0.05, 0.1) is 16.0 Å². The molecule has 2 amide bonds. The maximum atomic E-state index is 12.6. The quantitative estimate of drug-likeness (QED) is 0.432. The number of fused-ring (bicyclic) bond motifs is 1. The number of carboxylic acid groups (broad SMARTS) is 1. The van der Waals surface area contributed by atoms with Crippen LogP contribution < -0.4 is 9.46 Å². The average Bonchev–Trinajstić information content (AvgIpc) is 3.01. The molecule has 0 fully saturated rings. The summed E-state index contributed by atoms with van der Waals surface area (Å²) < 4.78 is 32.7. The van der Waals surface area contributed by atoms with Gasteiger partial charge in [0, 0.05) is 6.54 Å². The average molecular weight is 456 g/mol. The van der Waals surface area contributed by atoms with Crippen LogP contribution in [0.2, 0.25) is 0 Å². The van der Waals surface area contributed by atoms with E-state index < -0.39 is 33.8 Å². The van der Waals surface area contributed by atoms with Crippen molar-refractivity contribution in [1.29, 1.82) is 0 Å². The van der Waals surface area contributed by atoms with Gasteiger partial charge in [0.25, 0.3) is 11.8 Å². The molecule has 2 aromatic rings. The second-order valence-electron chi connectivity index (χ2n) is 6.80. The highest BCUT2D eigenvalue weighted by Crippen LogP contribution is 2.23. The zero-order valence-corrected chi connectivity index (χ0v) is 17.9. The molecule has 2 aromatic carbocycles. The highest BCUT2D eigenvalue weighted by atomic mass is 32.2. The van der Waals surface area contributed by atoms with Crippen molar-refractivity contribution in [3.63, 3.8) is 0 Å². The number of carbonyl (C=O) groups is 3. The fourth-order valence-corrected chi connectivity index (χ4v) is 4.32. The van der Waals surface area contributed by atoms with Gasteiger partial charge >= 0.3 is 5.97 Å². The molecule has 10 heteroatoms. The third-order valence-corrected chi connectivity index (χ3v) is 6.22. The van der Waals surface area contributed by atoms with E-state index in [-0.39, 0.29) is 35.6 Å². The fourth-order valence-electron chi connectivity index (χ4n) is 3.10. The number of carbonyl (C=O) groups excluding carboxylic acids is 2. The number of amides is 2. The Morgan fingerprint density at radius 1 is 1.09 bits per heavy atom. The summed E-state index contributed by atoms with van der Waals surface area (Å²) in [5.41, 5.74) is 0.467. The van der Waals surface area contributed by atoms with Gasteiger partial charge in [-0.1, -0.05) is 18.1 Å². The molecule has 2 N–H and O–H groups in total. The lowest BCUT2D eigenvalue weighted by atomic mass is 10.1. The van der Waals surface area contributed by atoms with E-state index in [0.717, 1.165) is 4.90 Å². The summed E-state index contributed by atoms with van der Waals surface area (Å²) in [5, 5.41) is 9.48. The number of aliphatic carboxylic acids is 1. The first-order valence-corrected chi connectivity index (χ1v) is 11.1. The molecule has 1 atom stereocenters. The van der Waals surface area contributed by atoms with Crippen LogP contribution in [0.4, 0.5) is 0 Å². The number of imide groups is 1. The Bertz CT molecular complexity index is 1180. The van der Waals surface area contributed by atoms with Gasteiger partial charge in [0.2, 0.25) is 10.0 Å². The van der Waals surface area contributed by atoms with E-state index in [1.165, 1.54) is 36.4 Å². The summed E-state index contributed by atoms with van der Waals surface area (Å²) in [5.74, 6) is 3.28. The van der Waals surface area contributed by atoms with Crippen LogP contribution in [0.25, 0.3) is 0 Å². The maximum Gasteiger partial charge on any atom is 0.321 e. The van der Waals surface area contributed by atoms with Crippen molar-refractivity contribution >= 4 is 27.8 Å². The topological polar surface area (TPSA) is 130 Å². The number of hydrogen-bond acceptors (Lipinski definition) is 6. The minimum atomic E-state index is -4.18. The number of nitrogens with one attached hydrogen (secondary N) is 1. The lowest BCUT2D eigenvalue weighted by molar-refractivity contribution is -0.139. The van der Waals surface area contributed by atoms with Crippen molar-refractivity contribution in [3.05, 3.63) is 59.7 Å². The third-order valence-electron chi connectivity index (χ3n) is 4.74. The van der Waals surface area contributed by atoms with Crippen LogP contribution in [0.1, 0.15) is 34.1 Å². The van der Waals surface area contributed by atoms with E-state index in [9.17, 15) is 27.9 Å². The highest BCUT2D eigenvalue weighted by Gasteiger charge is 2.36. The molecule has 3 rings (SSSR count). The molecular weight excluding hydrogens is 436 g/mol. The Morgan fingerprint density at radius 3 is 2.22 bits per heavy atom. The lowest BCUT2D eigenvalue weighted by Crippen LogP contribution is -2.43. The van der Waals surface area contributed by atoms with Crippen LogP contribution in [0.5, 0.6) is 5.75 Å². The largest absolute Gasteiger partial charge is 0.481 e. The predicted octanol–water partition coefficient (Wildman–Crippen LogP) is 1.51. The standard InChI is InChI=1S/C22H20N2O7S/c1-2-3-14-31-15-8-10-16(11-9-15)32(29,30)23-19(22(27)28)12-13-24-20(25)17-6-4-5-7-18(17)21(24)26/h4-11,19,23H,12-14H2,1H3,(H,27,28)/t19-/m1/s1. The molecule has 166 valence electrons. The zero-order valence-electron chi connectivity index (χ0n) is 17.1. The molecule has 0 bridgehead atoms. The molecule has 0 aliphatic carbocycles. The molecule has 1 aliphatic rings. The van der Waals surface area contributed by atoms with Crippen molar-refractivity contribution in [1.82, 2.24) is 9.62 Å². The number of hydrogen-bond donors (Lipinski definition) is 2. The van der Waals surface area contributed by atoms with Gasteiger partial charge < -0.3 is 9.84 Å². The van der Waals surface area contributed by atoms with E-state index in [0.29, 0.717) is 5.75 Å². The smallest absolute Gasteiger partial charge is 0.321 e. The molecule has 0 saturated heterocycles. The molecule has 9 nitrogen and oxygen atoms in total. The number of benzene rings is 2. The highest BCUT2D eigenvalue weighted by molar-refractivity contribution is 7.89. The van der Waals surface area contributed by atoms with Gasteiger partial charge in [-0.05, 0) is 49.7 Å². The number of sulfonamides is 1. The molecule has 1 aliphatic heterocycles. The van der Waals surface area contributed by atoms with Crippen LogP contribution in [0.3, 0.4) is 0 Å². The molecule has 0 radical (unpaired) electrons. The Kier molecular flexibility index (Phi) is 6.92. The maximum absolute atomic E-state index is 12.6. The van der Waals surface area contributed by atoms with Gasteiger partial charge in [0.1, 0.15) is 18.4 Å². The summed E-state index contributed by atoms with van der Waals surface area (Å²) in [6.07, 6.45) is -0.295. The van der Waals surface area contributed by atoms with Crippen molar-refractivity contribution in [2.24, 2.45) is 0 Å². The Labute approximate surface area is 185 Å². The number of ether oxygens (including phenoxy) is 1. The van der Waals surface area contributed by atoms with Gasteiger partial charge in [0.15, 0.2) is 0 Å². The van der Waals surface area contributed by atoms with E-state index >= 15 is 0 Å². The molecule has 0 saturated carbocycles. The fraction of sp³-hybridized carbons (Fsp3) is 0.227. The van der Waals surface area contributed by atoms with E-state index in [4.69, 9.17) is 4.74 Å². The number of carboxylic acids is 1. The molecular formula is C22H20N2O7S. The van der Waals surface area contributed by atoms with Gasteiger partial charge in [-0.2, -0.15) is 4.72 Å². The van der Waals surface area contributed by atoms with E-state index in [2.05, 4.69) is 16.6 Å². The first-order chi connectivity index (χ1) is 15.2. The van der Waals surface area contributed by atoms with Gasteiger partial charge in [-0.3, -0.25) is 19.3 Å². The SMILES string of the molecule is CC#CCOc1ccc(S(=O)(=O)N[C@H](CCN2C(=O)c3ccccc3C2=O)C(=O)O)cc1. The van der Waals surface area contributed by atoms with Crippen LogP contribution in [-0.2, 0) is 14.8 Å². The van der Waals surface area contributed by atoms with Crippen molar-refractivity contribution in [2.45, 2.75) is 24.3 Å². The third kappa shape index (κ3) is 4.96. The first kappa shape index (κ1) is 23.0. The summed E-state index contributed by atoms with van der Waals surface area (Å²) in [6.45, 7) is 1.56. The molecule has 0 unspecified atom stereocenters. The van der Waals surface area contributed by atoms with Crippen molar-refractivity contribution in [3.8, 4) is 17.6 Å². The second kappa shape index (κ2) is 9.64. The zero-order chi connectivity index (χ0) is 23.3. The van der Waals surface area contributed by atoms with Crippen molar-refractivity contribution in [2.75, 3.05) is 13.2 Å². The minimum absolute atomic E-state index is 0.153. The normalized spacial score (nSPS) is 13.8. The summed E-state index contributed by atoms with van der Waals surface area (Å²) in [7, 11) is -4.18.